The molecule has 1 aromatic carbocycles. The van der Waals surface area contributed by atoms with Crippen LogP contribution in [-0.4, -0.2) is 36.5 Å². The molecule has 1 unspecified atom stereocenters. The zero-order chi connectivity index (χ0) is 15.1. The lowest BCUT2D eigenvalue weighted by atomic mass is 10.0. The smallest absolute Gasteiger partial charge is 0.224 e. The quantitative estimate of drug-likeness (QED) is 0.816. The van der Waals surface area contributed by atoms with Gasteiger partial charge in [-0.1, -0.05) is 30.7 Å². The molecule has 0 radical (unpaired) electrons. The first-order valence-corrected chi connectivity index (χ1v) is 8.22. The minimum atomic E-state index is 0.135. The summed E-state index contributed by atoms with van der Waals surface area (Å²) in [6, 6.07) is 8.80. The highest BCUT2D eigenvalue weighted by molar-refractivity contribution is 5.78. The van der Waals surface area contributed by atoms with Crippen molar-refractivity contribution in [3.05, 3.63) is 35.4 Å². The summed E-state index contributed by atoms with van der Waals surface area (Å²) in [4.78, 5) is 14.5. The van der Waals surface area contributed by atoms with Gasteiger partial charge in [-0.15, -0.1) is 0 Å². The predicted octanol–water partition coefficient (Wildman–Crippen LogP) is 2.92. The number of hydrogen-bond acceptors (Lipinski definition) is 2. The van der Waals surface area contributed by atoms with Crippen molar-refractivity contribution in [2.24, 2.45) is 0 Å². The third-order valence-electron chi connectivity index (χ3n) is 4.50. The first-order valence-electron chi connectivity index (χ1n) is 8.22. The Morgan fingerprint density at radius 3 is 2.90 bits per heavy atom. The van der Waals surface area contributed by atoms with Crippen LogP contribution in [-0.2, 0) is 11.2 Å². The highest BCUT2D eigenvalue weighted by Crippen LogP contribution is 2.16. The van der Waals surface area contributed by atoms with Gasteiger partial charge in [0.15, 0.2) is 0 Å². The summed E-state index contributed by atoms with van der Waals surface area (Å²) in [5.41, 5.74) is 2.31. The van der Waals surface area contributed by atoms with Crippen LogP contribution in [0.25, 0.3) is 0 Å². The van der Waals surface area contributed by atoms with Gasteiger partial charge in [-0.2, -0.15) is 0 Å². The Morgan fingerprint density at radius 1 is 1.33 bits per heavy atom. The van der Waals surface area contributed by atoms with Crippen LogP contribution in [0.1, 0.15) is 43.7 Å². The molecule has 1 aromatic rings. The normalized spacial score (nSPS) is 19.4. The number of nitrogens with zero attached hydrogens (tertiary/aromatic N) is 1. The summed E-state index contributed by atoms with van der Waals surface area (Å²) in [6.45, 7) is 7.48. The molecule has 1 aliphatic heterocycles. The van der Waals surface area contributed by atoms with Gasteiger partial charge in [0.25, 0.3) is 0 Å². The SMILES string of the molecule is Cc1ccccc1CC(=O)NCCCN1CCCCC1C. The average Bonchev–Trinajstić information content (AvgIpc) is 2.48. The fourth-order valence-electron chi connectivity index (χ4n) is 3.04. The molecule has 1 amide bonds. The zero-order valence-corrected chi connectivity index (χ0v) is 13.4. The molecule has 3 nitrogen and oxygen atoms in total. The molecule has 1 heterocycles. The standard InChI is InChI=1S/C18H28N2O/c1-15-8-3-4-10-17(15)14-18(21)19-11-7-13-20-12-6-5-9-16(20)2/h3-4,8,10,16H,5-7,9,11-14H2,1-2H3,(H,19,21). The van der Waals surface area contributed by atoms with Crippen molar-refractivity contribution in [1.29, 1.82) is 0 Å². The zero-order valence-electron chi connectivity index (χ0n) is 13.4. The second-order valence-electron chi connectivity index (χ2n) is 6.19. The van der Waals surface area contributed by atoms with E-state index in [0.717, 1.165) is 25.1 Å². The summed E-state index contributed by atoms with van der Waals surface area (Å²) in [7, 11) is 0. The van der Waals surface area contributed by atoms with Gasteiger partial charge in [-0.3, -0.25) is 4.79 Å². The second kappa shape index (κ2) is 8.18. The van der Waals surface area contributed by atoms with Crippen LogP contribution in [0.4, 0.5) is 0 Å². The van der Waals surface area contributed by atoms with Crippen molar-refractivity contribution >= 4 is 5.91 Å². The van der Waals surface area contributed by atoms with Crippen molar-refractivity contribution in [2.75, 3.05) is 19.6 Å². The maximum atomic E-state index is 12.0. The summed E-state index contributed by atoms with van der Waals surface area (Å²) in [5, 5.41) is 3.05. The van der Waals surface area contributed by atoms with E-state index < -0.39 is 0 Å². The first-order chi connectivity index (χ1) is 10.2. The Kier molecular flexibility index (Phi) is 6.24. The number of aryl methyl sites for hydroxylation is 1. The summed E-state index contributed by atoms with van der Waals surface area (Å²) >= 11 is 0. The van der Waals surface area contributed by atoms with E-state index in [0.29, 0.717) is 12.5 Å². The number of hydrogen-bond donors (Lipinski definition) is 1. The van der Waals surface area contributed by atoms with Gasteiger partial charge < -0.3 is 10.2 Å². The molecule has 1 N–H and O–H groups in total. The minimum Gasteiger partial charge on any atom is -0.356 e. The van der Waals surface area contributed by atoms with Gasteiger partial charge in [-0.25, -0.2) is 0 Å². The van der Waals surface area contributed by atoms with Crippen LogP contribution in [0.2, 0.25) is 0 Å². The number of rotatable bonds is 6. The third-order valence-corrected chi connectivity index (χ3v) is 4.50. The minimum absolute atomic E-state index is 0.135. The van der Waals surface area contributed by atoms with Gasteiger partial charge in [0.1, 0.15) is 0 Å². The van der Waals surface area contributed by atoms with Gasteiger partial charge in [0.05, 0.1) is 6.42 Å². The van der Waals surface area contributed by atoms with Gasteiger partial charge >= 0.3 is 0 Å². The van der Waals surface area contributed by atoms with E-state index in [-0.39, 0.29) is 5.91 Å². The van der Waals surface area contributed by atoms with E-state index in [1.807, 2.05) is 18.2 Å². The molecule has 0 aromatic heterocycles. The summed E-state index contributed by atoms with van der Waals surface area (Å²) < 4.78 is 0. The van der Waals surface area contributed by atoms with Crippen molar-refractivity contribution in [1.82, 2.24) is 10.2 Å². The summed E-state index contributed by atoms with van der Waals surface area (Å²) in [5.74, 6) is 0.135. The highest BCUT2D eigenvalue weighted by atomic mass is 16.1. The molecule has 0 aliphatic carbocycles. The van der Waals surface area contributed by atoms with Crippen LogP contribution >= 0.6 is 0 Å². The Bertz CT molecular complexity index is 458. The molecule has 1 atom stereocenters. The molecular weight excluding hydrogens is 260 g/mol. The summed E-state index contributed by atoms with van der Waals surface area (Å²) in [6.07, 6.45) is 5.55. The lowest BCUT2D eigenvalue weighted by Crippen LogP contribution is -2.39. The number of amides is 1. The molecule has 0 saturated carbocycles. The number of likely N-dealkylation sites (tertiary alicyclic amines) is 1. The molecular formula is C18H28N2O. The second-order valence-corrected chi connectivity index (χ2v) is 6.19. The molecule has 1 aliphatic rings. The molecule has 21 heavy (non-hydrogen) atoms. The Hall–Kier alpha value is -1.35. The Balaban J connectivity index is 1.64. The number of carbonyl (C=O) groups is 1. The predicted molar refractivity (Wildman–Crippen MR) is 87.4 cm³/mol. The molecule has 0 spiro atoms. The van der Waals surface area contributed by atoms with Crippen LogP contribution in [0, 0.1) is 6.92 Å². The molecule has 1 saturated heterocycles. The maximum Gasteiger partial charge on any atom is 0.224 e. The van der Waals surface area contributed by atoms with Crippen LogP contribution in [0.15, 0.2) is 24.3 Å². The number of carbonyl (C=O) groups excluding carboxylic acids is 1. The molecule has 0 bridgehead atoms. The Morgan fingerprint density at radius 2 is 2.14 bits per heavy atom. The number of piperidine rings is 1. The Labute approximate surface area is 128 Å². The number of benzene rings is 1. The van der Waals surface area contributed by atoms with E-state index in [4.69, 9.17) is 0 Å². The third kappa shape index (κ3) is 5.16. The van der Waals surface area contributed by atoms with E-state index >= 15 is 0 Å². The van der Waals surface area contributed by atoms with E-state index in [1.165, 1.54) is 31.4 Å². The fraction of sp³-hybridized carbons (Fsp3) is 0.611. The van der Waals surface area contributed by atoms with E-state index in [9.17, 15) is 4.79 Å². The average molecular weight is 288 g/mol. The molecule has 2 rings (SSSR count). The molecule has 3 heteroatoms. The molecule has 1 fully saturated rings. The lowest BCUT2D eigenvalue weighted by molar-refractivity contribution is -0.120. The van der Waals surface area contributed by atoms with Crippen LogP contribution in [0.3, 0.4) is 0 Å². The highest BCUT2D eigenvalue weighted by Gasteiger charge is 2.17. The largest absolute Gasteiger partial charge is 0.356 e. The lowest BCUT2D eigenvalue weighted by Gasteiger charge is -2.33. The fourth-order valence-corrected chi connectivity index (χ4v) is 3.04. The molecule has 116 valence electrons. The van der Waals surface area contributed by atoms with Gasteiger partial charge in [0, 0.05) is 19.1 Å². The number of nitrogens with one attached hydrogen (secondary N) is 1. The topological polar surface area (TPSA) is 32.3 Å². The first kappa shape index (κ1) is 16.0. The van der Waals surface area contributed by atoms with Gasteiger partial charge in [-0.05, 0) is 50.8 Å². The monoisotopic (exact) mass is 288 g/mol. The van der Waals surface area contributed by atoms with Gasteiger partial charge in [0.2, 0.25) is 5.91 Å². The van der Waals surface area contributed by atoms with Crippen molar-refractivity contribution in [3.8, 4) is 0 Å². The van der Waals surface area contributed by atoms with Crippen molar-refractivity contribution < 1.29 is 4.79 Å². The van der Waals surface area contributed by atoms with Crippen LogP contribution in [0.5, 0.6) is 0 Å². The van der Waals surface area contributed by atoms with Crippen molar-refractivity contribution in [2.45, 2.75) is 52.0 Å². The van der Waals surface area contributed by atoms with Crippen LogP contribution < -0.4 is 5.32 Å². The maximum absolute atomic E-state index is 12.0. The van der Waals surface area contributed by atoms with E-state index in [2.05, 4.69) is 30.1 Å². The van der Waals surface area contributed by atoms with Crippen molar-refractivity contribution in [3.63, 3.8) is 0 Å². The van der Waals surface area contributed by atoms with E-state index in [1.54, 1.807) is 0 Å².